The van der Waals surface area contributed by atoms with Gasteiger partial charge in [0.2, 0.25) is 0 Å². The van der Waals surface area contributed by atoms with Crippen LogP contribution in [0.2, 0.25) is 0 Å². The molecule has 0 bridgehead atoms. The van der Waals surface area contributed by atoms with Crippen LogP contribution in [-0.4, -0.2) is 8.07 Å². The zero-order chi connectivity index (χ0) is 33.3. The highest BCUT2D eigenvalue weighted by atomic mass is 28.3. The number of hydrogen-bond donors (Lipinski definition) is 0. The molecule has 1 aliphatic heterocycles. The number of benzene rings is 8. The highest BCUT2D eigenvalue weighted by molar-refractivity contribution is 7.22. The molecule has 0 aromatic heterocycles. The van der Waals surface area contributed by atoms with Crippen LogP contribution in [0.4, 0.5) is 17.1 Å². The Bertz CT molecular complexity index is 2260. The SMILES string of the molecule is c1ccc(-c2ccc(N(c3ccc(-c4ccccc4)cc3)c3ccc4c(c3)[Si](c3ccccc3)(c3ccccc3)c3ccccc3-4)cc2)cc1. The fourth-order valence-corrected chi connectivity index (χ4v) is 13.1. The first kappa shape index (κ1) is 29.9. The van der Waals surface area contributed by atoms with E-state index in [1.165, 1.54) is 54.1 Å². The molecule has 1 heterocycles. The van der Waals surface area contributed by atoms with Gasteiger partial charge in [-0.15, -0.1) is 0 Å². The summed E-state index contributed by atoms with van der Waals surface area (Å²) in [4.78, 5) is 2.42. The summed E-state index contributed by atoms with van der Waals surface area (Å²) in [5.74, 6) is 0. The van der Waals surface area contributed by atoms with Gasteiger partial charge in [-0.1, -0.05) is 176 Å². The Morgan fingerprint density at radius 2 is 0.660 bits per heavy atom. The molecule has 2 heteroatoms. The summed E-state index contributed by atoms with van der Waals surface area (Å²) in [6, 6.07) is 78.0. The van der Waals surface area contributed by atoms with Crippen LogP contribution in [0.3, 0.4) is 0 Å². The molecule has 8 aromatic rings. The van der Waals surface area contributed by atoms with Crippen LogP contribution in [-0.2, 0) is 0 Å². The average Bonchev–Trinajstić information content (AvgIpc) is 3.50. The lowest BCUT2D eigenvalue weighted by atomic mass is 10.0. The van der Waals surface area contributed by atoms with Crippen molar-refractivity contribution in [2.75, 3.05) is 4.90 Å². The Morgan fingerprint density at radius 1 is 0.280 bits per heavy atom. The number of anilines is 3. The van der Waals surface area contributed by atoms with Crippen molar-refractivity contribution in [1.82, 2.24) is 0 Å². The topological polar surface area (TPSA) is 3.24 Å². The number of hydrogen-bond acceptors (Lipinski definition) is 1. The minimum absolute atomic E-state index is 1.12. The van der Waals surface area contributed by atoms with E-state index in [4.69, 9.17) is 0 Å². The minimum Gasteiger partial charge on any atom is -0.311 e. The summed E-state index contributed by atoms with van der Waals surface area (Å²) in [7, 11) is -2.64. The molecule has 236 valence electrons. The Balaban J connectivity index is 1.25. The largest absolute Gasteiger partial charge is 0.311 e. The van der Waals surface area contributed by atoms with E-state index in [0.717, 1.165) is 17.1 Å². The smallest absolute Gasteiger partial charge is 0.180 e. The van der Waals surface area contributed by atoms with Gasteiger partial charge >= 0.3 is 0 Å². The molecule has 0 N–H and O–H groups in total. The summed E-state index contributed by atoms with van der Waals surface area (Å²) in [6.07, 6.45) is 0. The van der Waals surface area contributed by atoms with Gasteiger partial charge in [-0.25, -0.2) is 0 Å². The molecule has 0 fully saturated rings. The quantitative estimate of drug-likeness (QED) is 0.155. The van der Waals surface area contributed by atoms with Gasteiger partial charge in [-0.05, 0) is 90.5 Å². The summed E-state index contributed by atoms with van der Waals surface area (Å²) in [5.41, 5.74) is 10.9. The van der Waals surface area contributed by atoms with Gasteiger partial charge in [0.05, 0.1) is 0 Å². The average molecular weight is 654 g/mol. The molecule has 0 saturated heterocycles. The van der Waals surface area contributed by atoms with Crippen molar-refractivity contribution in [3.05, 3.63) is 212 Å². The Hall–Kier alpha value is -6.22. The summed E-state index contributed by atoms with van der Waals surface area (Å²) in [5, 5.41) is 5.69. The minimum atomic E-state index is -2.64. The van der Waals surface area contributed by atoms with Gasteiger partial charge in [0.25, 0.3) is 0 Å². The molecule has 0 radical (unpaired) electrons. The highest BCUT2D eigenvalue weighted by Crippen LogP contribution is 2.39. The molecule has 0 amide bonds. The van der Waals surface area contributed by atoms with Crippen LogP contribution in [0.1, 0.15) is 0 Å². The van der Waals surface area contributed by atoms with Crippen molar-refractivity contribution in [2.45, 2.75) is 0 Å². The van der Waals surface area contributed by atoms with Gasteiger partial charge in [-0.3, -0.25) is 0 Å². The van der Waals surface area contributed by atoms with E-state index in [2.05, 4.69) is 217 Å². The summed E-state index contributed by atoms with van der Waals surface area (Å²) in [6.45, 7) is 0. The van der Waals surface area contributed by atoms with E-state index in [0.29, 0.717) is 0 Å². The molecule has 0 unspecified atom stereocenters. The van der Waals surface area contributed by atoms with Crippen LogP contribution in [0.25, 0.3) is 33.4 Å². The van der Waals surface area contributed by atoms with Crippen LogP contribution in [0.15, 0.2) is 212 Å². The summed E-state index contributed by atoms with van der Waals surface area (Å²) >= 11 is 0. The van der Waals surface area contributed by atoms with Crippen LogP contribution in [0.5, 0.6) is 0 Å². The third-order valence-corrected chi connectivity index (χ3v) is 15.0. The Morgan fingerprint density at radius 3 is 1.16 bits per heavy atom. The van der Waals surface area contributed by atoms with E-state index < -0.39 is 8.07 Å². The monoisotopic (exact) mass is 653 g/mol. The van der Waals surface area contributed by atoms with Crippen LogP contribution < -0.4 is 25.6 Å². The molecule has 1 aliphatic rings. The zero-order valence-corrected chi connectivity index (χ0v) is 28.7. The van der Waals surface area contributed by atoms with E-state index in [9.17, 15) is 0 Å². The van der Waals surface area contributed by atoms with Gasteiger partial charge in [-0.2, -0.15) is 0 Å². The van der Waals surface area contributed by atoms with Crippen molar-refractivity contribution in [3.8, 4) is 33.4 Å². The fraction of sp³-hybridized carbons (Fsp3) is 0. The molecule has 0 saturated carbocycles. The van der Waals surface area contributed by atoms with Crippen molar-refractivity contribution >= 4 is 45.9 Å². The zero-order valence-electron chi connectivity index (χ0n) is 27.7. The predicted molar refractivity (Wildman–Crippen MR) is 215 cm³/mol. The predicted octanol–water partition coefficient (Wildman–Crippen LogP) is 9.85. The lowest BCUT2D eigenvalue weighted by Gasteiger charge is -2.32. The number of rotatable bonds is 7. The second-order valence-corrected chi connectivity index (χ2v) is 16.7. The molecule has 0 atom stereocenters. The van der Waals surface area contributed by atoms with Crippen LogP contribution >= 0.6 is 0 Å². The molecule has 1 nitrogen and oxygen atoms in total. The van der Waals surface area contributed by atoms with E-state index in [1.807, 2.05) is 0 Å². The van der Waals surface area contributed by atoms with Crippen molar-refractivity contribution in [2.24, 2.45) is 0 Å². The molecule has 0 spiro atoms. The molecule has 8 aromatic carbocycles. The molecule has 0 aliphatic carbocycles. The second-order valence-electron chi connectivity index (χ2n) is 12.9. The van der Waals surface area contributed by atoms with Gasteiger partial charge in [0, 0.05) is 17.1 Å². The lowest BCUT2D eigenvalue weighted by molar-refractivity contribution is 1.29. The molecular weight excluding hydrogens is 619 g/mol. The van der Waals surface area contributed by atoms with Gasteiger partial charge in [0.1, 0.15) is 0 Å². The third-order valence-electron chi connectivity index (χ3n) is 10.2. The van der Waals surface area contributed by atoms with Crippen molar-refractivity contribution in [1.29, 1.82) is 0 Å². The first-order valence-corrected chi connectivity index (χ1v) is 19.3. The summed E-state index contributed by atoms with van der Waals surface area (Å²) < 4.78 is 0. The molecular formula is C48H35NSi. The first-order valence-electron chi connectivity index (χ1n) is 17.3. The maximum absolute atomic E-state index is 2.64. The van der Waals surface area contributed by atoms with E-state index in [-0.39, 0.29) is 0 Å². The van der Waals surface area contributed by atoms with Gasteiger partial charge < -0.3 is 4.90 Å². The Kier molecular flexibility index (Phi) is 7.57. The first-order chi connectivity index (χ1) is 24.8. The maximum atomic E-state index is 2.50. The number of nitrogens with zero attached hydrogens (tertiary/aromatic N) is 1. The number of fused-ring (bicyclic) bond motifs is 3. The fourth-order valence-electron chi connectivity index (χ4n) is 7.89. The standard InChI is InChI=1S/C48H35NSi/c1-5-15-36(16-6-1)38-25-29-40(30-26-38)49(41-31-27-39(28-32-41)37-17-7-2-8-18-37)42-33-34-46-45-23-13-14-24-47(45)50(48(46)35-42,43-19-9-3-10-20-43)44-21-11-4-12-22-44/h1-35H. The van der Waals surface area contributed by atoms with Crippen molar-refractivity contribution < 1.29 is 0 Å². The third kappa shape index (κ3) is 5.01. The molecule has 50 heavy (non-hydrogen) atoms. The Labute approximate surface area is 295 Å². The normalized spacial score (nSPS) is 12.6. The molecule has 9 rings (SSSR count). The lowest BCUT2D eigenvalue weighted by Crippen LogP contribution is -2.72. The van der Waals surface area contributed by atoms with Gasteiger partial charge in [0.15, 0.2) is 8.07 Å². The van der Waals surface area contributed by atoms with E-state index >= 15 is 0 Å². The highest BCUT2D eigenvalue weighted by Gasteiger charge is 2.48. The second kappa shape index (κ2) is 12.7. The maximum Gasteiger partial charge on any atom is 0.180 e. The van der Waals surface area contributed by atoms with Crippen molar-refractivity contribution in [3.63, 3.8) is 0 Å². The van der Waals surface area contributed by atoms with E-state index in [1.54, 1.807) is 0 Å². The van der Waals surface area contributed by atoms with Crippen LogP contribution in [0, 0.1) is 0 Å².